The number of nitrogens with zero attached hydrogens (tertiary/aromatic N) is 1. The number of carboxylic acid groups (broad SMARTS) is 1. The van der Waals surface area contributed by atoms with Crippen LogP contribution in [0.1, 0.15) is 17.3 Å². The van der Waals surface area contributed by atoms with Crippen LogP contribution in [0.5, 0.6) is 5.88 Å². The molecule has 1 amide bonds. The number of amides is 1. The molecule has 2 N–H and O–H groups in total. The van der Waals surface area contributed by atoms with Crippen molar-refractivity contribution in [2.75, 3.05) is 6.61 Å². The number of hydrogen-bond donors (Lipinski definition) is 2. The summed E-state index contributed by atoms with van der Waals surface area (Å²) in [6.07, 6.45) is -3.41. The van der Waals surface area contributed by atoms with Gasteiger partial charge in [-0.1, -0.05) is 0 Å². The van der Waals surface area contributed by atoms with Crippen molar-refractivity contribution in [1.82, 2.24) is 10.3 Å². The van der Waals surface area contributed by atoms with Crippen molar-refractivity contribution in [1.29, 1.82) is 0 Å². The summed E-state index contributed by atoms with van der Waals surface area (Å²) in [5, 5.41) is 10.7. The predicted molar refractivity (Wildman–Crippen MR) is 60.4 cm³/mol. The van der Waals surface area contributed by atoms with Gasteiger partial charge in [0.15, 0.2) is 6.61 Å². The highest BCUT2D eigenvalue weighted by Gasteiger charge is 2.29. The van der Waals surface area contributed by atoms with E-state index in [0.29, 0.717) is 0 Å². The number of pyridine rings is 1. The van der Waals surface area contributed by atoms with Gasteiger partial charge in [-0.05, 0) is 19.1 Å². The van der Waals surface area contributed by atoms with Gasteiger partial charge >= 0.3 is 12.1 Å². The zero-order chi connectivity index (χ0) is 15.3. The van der Waals surface area contributed by atoms with Gasteiger partial charge in [0.2, 0.25) is 5.88 Å². The van der Waals surface area contributed by atoms with Crippen molar-refractivity contribution >= 4 is 11.9 Å². The van der Waals surface area contributed by atoms with Gasteiger partial charge in [-0.2, -0.15) is 13.2 Å². The summed E-state index contributed by atoms with van der Waals surface area (Å²) in [7, 11) is 0. The molecule has 1 aromatic rings. The average molecular weight is 292 g/mol. The molecule has 1 atom stereocenters. The number of carbonyl (C=O) groups excluding carboxylic acids is 1. The van der Waals surface area contributed by atoms with Gasteiger partial charge in [-0.25, -0.2) is 4.98 Å². The minimum Gasteiger partial charge on any atom is -0.480 e. The molecule has 0 bridgehead atoms. The summed E-state index contributed by atoms with van der Waals surface area (Å²) < 4.78 is 40.6. The summed E-state index contributed by atoms with van der Waals surface area (Å²) in [6, 6.07) is 1.31. The minimum absolute atomic E-state index is 0.273. The zero-order valence-electron chi connectivity index (χ0n) is 10.3. The van der Waals surface area contributed by atoms with E-state index >= 15 is 0 Å². The normalized spacial score (nSPS) is 12.6. The van der Waals surface area contributed by atoms with Crippen LogP contribution >= 0.6 is 0 Å². The number of rotatable bonds is 5. The van der Waals surface area contributed by atoms with E-state index in [1.54, 1.807) is 0 Å². The maximum atomic E-state index is 12.1. The zero-order valence-corrected chi connectivity index (χ0v) is 10.3. The van der Waals surface area contributed by atoms with Crippen LogP contribution < -0.4 is 10.1 Å². The quantitative estimate of drug-likeness (QED) is 0.852. The number of ether oxygens (including phenoxy) is 1. The first-order chi connectivity index (χ1) is 9.20. The second-order valence-corrected chi connectivity index (χ2v) is 3.79. The Balaban J connectivity index is 2.84. The summed E-state index contributed by atoms with van der Waals surface area (Å²) in [4.78, 5) is 25.9. The van der Waals surface area contributed by atoms with Gasteiger partial charge in [0.1, 0.15) is 11.6 Å². The van der Waals surface area contributed by atoms with Gasteiger partial charge in [-0.3, -0.25) is 9.59 Å². The SMILES string of the molecule is C[C@H](NC(=O)c1cccnc1OCC(F)(F)F)C(=O)O. The van der Waals surface area contributed by atoms with Gasteiger partial charge in [0.25, 0.3) is 5.91 Å². The maximum Gasteiger partial charge on any atom is 0.422 e. The van der Waals surface area contributed by atoms with Crippen molar-refractivity contribution < 1.29 is 32.6 Å². The Hall–Kier alpha value is -2.32. The third-order valence-corrected chi connectivity index (χ3v) is 2.11. The average Bonchev–Trinajstić information content (AvgIpc) is 2.35. The largest absolute Gasteiger partial charge is 0.480 e. The van der Waals surface area contributed by atoms with Crippen LogP contribution in [-0.2, 0) is 4.79 Å². The first kappa shape index (κ1) is 15.7. The number of aromatic nitrogens is 1. The lowest BCUT2D eigenvalue weighted by Crippen LogP contribution is -2.38. The Morgan fingerprint density at radius 3 is 2.70 bits per heavy atom. The standard InChI is InChI=1S/C11H11F3N2O4/c1-6(10(18)19)16-8(17)7-3-2-4-15-9(7)20-5-11(12,13)14/h2-4,6H,5H2,1H3,(H,16,17)(H,18,19)/t6-/m0/s1. The number of halogens is 3. The van der Waals surface area contributed by atoms with Crippen LogP contribution in [0.25, 0.3) is 0 Å². The highest BCUT2D eigenvalue weighted by Crippen LogP contribution is 2.19. The molecule has 0 spiro atoms. The lowest BCUT2D eigenvalue weighted by molar-refractivity contribution is -0.154. The molecule has 9 heteroatoms. The Labute approximate surface area is 111 Å². The van der Waals surface area contributed by atoms with Crippen LogP contribution in [0.15, 0.2) is 18.3 Å². The molecule has 1 rings (SSSR count). The van der Waals surface area contributed by atoms with Crippen LogP contribution in [-0.4, -0.2) is 40.8 Å². The van der Waals surface area contributed by atoms with Gasteiger partial charge in [-0.15, -0.1) is 0 Å². The maximum absolute atomic E-state index is 12.1. The summed E-state index contributed by atoms with van der Waals surface area (Å²) in [6.45, 7) is -0.383. The number of carboxylic acids is 1. The number of carbonyl (C=O) groups is 2. The molecule has 110 valence electrons. The molecule has 1 aromatic heterocycles. The van der Waals surface area contributed by atoms with Crippen molar-refractivity contribution in [2.24, 2.45) is 0 Å². The fourth-order valence-electron chi connectivity index (χ4n) is 1.16. The van der Waals surface area contributed by atoms with E-state index in [9.17, 15) is 22.8 Å². The number of aliphatic carboxylic acids is 1. The van der Waals surface area contributed by atoms with Gasteiger partial charge in [0, 0.05) is 6.20 Å². The third-order valence-electron chi connectivity index (χ3n) is 2.11. The molecule has 0 unspecified atom stereocenters. The lowest BCUT2D eigenvalue weighted by Gasteiger charge is -2.13. The van der Waals surface area contributed by atoms with Gasteiger partial charge < -0.3 is 15.2 Å². The Morgan fingerprint density at radius 2 is 2.15 bits per heavy atom. The molecule has 0 radical (unpaired) electrons. The van der Waals surface area contributed by atoms with Crippen molar-refractivity contribution in [3.8, 4) is 5.88 Å². The highest BCUT2D eigenvalue weighted by atomic mass is 19.4. The summed E-state index contributed by atoms with van der Waals surface area (Å²) in [5.41, 5.74) is -0.273. The lowest BCUT2D eigenvalue weighted by atomic mass is 10.2. The van der Waals surface area contributed by atoms with E-state index in [0.717, 1.165) is 6.20 Å². The van der Waals surface area contributed by atoms with Crippen LogP contribution in [0.3, 0.4) is 0 Å². The molecular formula is C11H11F3N2O4. The van der Waals surface area contributed by atoms with Crippen LogP contribution in [0.2, 0.25) is 0 Å². The molecule has 0 saturated carbocycles. The fraction of sp³-hybridized carbons (Fsp3) is 0.364. The third kappa shape index (κ3) is 4.75. The molecular weight excluding hydrogens is 281 g/mol. The Morgan fingerprint density at radius 1 is 1.50 bits per heavy atom. The summed E-state index contributed by atoms with van der Waals surface area (Å²) >= 11 is 0. The monoisotopic (exact) mass is 292 g/mol. The molecule has 0 aliphatic rings. The smallest absolute Gasteiger partial charge is 0.422 e. The van der Waals surface area contributed by atoms with E-state index in [2.05, 4.69) is 15.0 Å². The first-order valence-corrected chi connectivity index (χ1v) is 5.39. The van der Waals surface area contributed by atoms with E-state index in [4.69, 9.17) is 5.11 Å². The first-order valence-electron chi connectivity index (χ1n) is 5.39. The number of nitrogens with one attached hydrogen (secondary N) is 1. The highest BCUT2D eigenvalue weighted by molar-refractivity contribution is 5.98. The summed E-state index contributed by atoms with van der Waals surface area (Å²) in [5.74, 6) is -2.68. The van der Waals surface area contributed by atoms with Crippen LogP contribution in [0.4, 0.5) is 13.2 Å². The molecule has 0 aromatic carbocycles. The number of hydrogen-bond acceptors (Lipinski definition) is 4. The second kappa shape index (κ2) is 6.22. The molecule has 20 heavy (non-hydrogen) atoms. The van der Waals surface area contributed by atoms with E-state index < -0.39 is 36.6 Å². The van der Waals surface area contributed by atoms with Crippen molar-refractivity contribution in [3.05, 3.63) is 23.9 Å². The van der Waals surface area contributed by atoms with Crippen LogP contribution in [0, 0.1) is 0 Å². The molecule has 0 aliphatic carbocycles. The van der Waals surface area contributed by atoms with Crippen molar-refractivity contribution in [3.63, 3.8) is 0 Å². The molecule has 1 heterocycles. The van der Waals surface area contributed by atoms with E-state index in [-0.39, 0.29) is 5.56 Å². The molecule has 0 aliphatic heterocycles. The number of alkyl halides is 3. The minimum atomic E-state index is -4.57. The van der Waals surface area contributed by atoms with Gasteiger partial charge in [0.05, 0.1) is 0 Å². The second-order valence-electron chi connectivity index (χ2n) is 3.79. The Kier molecular flexibility index (Phi) is 4.89. The Bertz CT molecular complexity index is 505. The fourth-order valence-corrected chi connectivity index (χ4v) is 1.16. The predicted octanol–water partition coefficient (Wildman–Crippen LogP) is 1.23. The molecule has 6 nitrogen and oxygen atoms in total. The molecule has 0 fully saturated rings. The van der Waals surface area contributed by atoms with Crippen molar-refractivity contribution in [2.45, 2.75) is 19.1 Å². The molecule has 0 saturated heterocycles. The van der Waals surface area contributed by atoms with E-state index in [1.807, 2.05) is 0 Å². The van der Waals surface area contributed by atoms with E-state index in [1.165, 1.54) is 19.1 Å². The topological polar surface area (TPSA) is 88.5 Å².